The summed E-state index contributed by atoms with van der Waals surface area (Å²) in [6.45, 7) is 7.56. The second-order valence-corrected chi connectivity index (χ2v) is 13.1. The summed E-state index contributed by atoms with van der Waals surface area (Å²) in [5.41, 5.74) is 5.96. The van der Waals surface area contributed by atoms with Gasteiger partial charge in [0.2, 0.25) is 5.91 Å². The number of piperazine rings is 1. The number of anilines is 3. The number of pyridine rings is 2. The molecular weight excluding hydrogens is 650 g/mol. The molecule has 3 aliphatic heterocycles. The Morgan fingerprint density at radius 3 is 2.59 bits per heavy atom. The quantitative estimate of drug-likeness (QED) is 0.223. The molecule has 260 valence electrons. The van der Waals surface area contributed by atoms with Crippen molar-refractivity contribution in [2.24, 2.45) is 0 Å². The summed E-state index contributed by atoms with van der Waals surface area (Å²) in [4.78, 5) is 64.7. The zero-order valence-corrected chi connectivity index (χ0v) is 28.1. The number of fused-ring (bicyclic) bond motifs is 3. The Kier molecular flexibility index (Phi) is 8.39. The lowest BCUT2D eigenvalue weighted by Gasteiger charge is -2.37. The number of urea groups is 1. The summed E-state index contributed by atoms with van der Waals surface area (Å²) >= 11 is 0. The van der Waals surface area contributed by atoms with Crippen LogP contribution in [0.3, 0.4) is 0 Å². The fourth-order valence-corrected chi connectivity index (χ4v) is 6.97. The molecule has 2 fully saturated rings. The molecule has 1 aromatic carbocycles. The molecule has 0 aliphatic carbocycles. The van der Waals surface area contributed by atoms with Crippen LogP contribution in [0.15, 0.2) is 73.3 Å². The first-order valence-corrected chi connectivity index (χ1v) is 17.0. The first-order chi connectivity index (χ1) is 24.8. The van der Waals surface area contributed by atoms with Crippen molar-refractivity contribution in [3.05, 3.63) is 95.8 Å². The van der Waals surface area contributed by atoms with Crippen LogP contribution in [0.25, 0.3) is 11.0 Å². The van der Waals surface area contributed by atoms with Crippen LogP contribution in [-0.4, -0.2) is 92.2 Å². The first kappa shape index (κ1) is 32.1. The van der Waals surface area contributed by atoms with Gasteiger partial charge in [0.05, 0.1) is 36.4 Å². The van der Waals surface area contributed by atoms with Crippen LogP contribution in [0.5, 0.6) is 0 Å². The minimum atomic E-state index is -0.403. The van der Waals surface area contributed by atoms with Crippen molar-refractivity contribution < 1.29 is 19.2 Å². The van der Waals surface area contributed by atoms with Gasteiger partial charge in [0.25, 0.3) is 11.8 Å². The molecule has 15 nitrogen and oxygen atoms in total. The van der Waals surface area contributed by atoms with Gasteiger partial charge in [0.15, 0.2) is 0 Å². The molecule has 8 rings (SSSR count). The SMILES string of the molecule is C[C@@H]1CNC(=O)c2cc3ccc(C(=O)Nc4cnn(Cc5ccc(N6CCN(Cc7ccncc7N7CCC(=O)NC7=O)CC6)cc5)c4)nc3n21. The Morgan fingerprint density at radius 2 is 1.78 bits per heavy atom. The van der Waals surface area contributed by atoms with Crippen molar-refractivity contribution in [2.45, 2.75) is 32.5 Å². The molecule has 0 spiro atoms. The van der Waals surface area contributed by atoms with E-state index >= 15 is 0 Å². The monoisotopic (exact) mass is 687 g/mol. The van der Waals surface area contributed by atoms with E-state index in [-0.39, 0.29) is 35.9 Å². The van der Waals surface area contributed by atoms with E-state index in [4.69, 9.17) is 0 Å². The van der Waals surface area contributed by atoms with Crippen molar-refractivity contribution in [3.63, 3.8) is 0 Å². The van der Waals surface area contributed by atoms with Gasteiger partial charge in [-0.1, -0.05) is 12.1 Å². The van der Waals surface area contributed by atoms with Crippen molar-refractivity contribution in [2.75, 3.05) is 54.4 Å². The maximum Gasteiger partial charge on any atom is 0.328 e. The Bertz CT molecular complexity index is 2150. The number of benzene rings is 1. The Labute approximate surface area is 293 Å². The normalized spacial score (nSPS) is 18.1. The van der Waals surface area contributed by atoms with Gasteiger partial charge in [-0.3, -0.25) is 39.2 Å². The van der Waals surface area contributed by atoms with Crippen LogP contribution in [0.4, 0.5) is 21.9 Å². The van der Waals surface area contributed by atoms with Crippen molar-refractivity contribution in [1.82, 2.24) is 39.8 Å². The van der Waals surface area contributed by atoms with Crippen LogP contribution in [0.2, 0.25) is 0 Å². The van der Waals surface area contributed by atoms with E-state index in [9.17, 15) is 19.2 Å². The van der Waals surface area contributed by atoms with Crippen LogP contribution < -0.4 is 25.8 Å². The average Bonchev–Trinajstić information content (AvgIpc) is 3.75. The van der Waals surface area contributed by atoms with Crippen molar-refractivity contribution >= 4 is 51.8 Å². The number of rotatable bonds is 8. The first-order valence-electron chi connectivity index (χ1n) is 17.0. The highest BCUT2D eigenvalue weighted by molar-refractivity contribution is 6.06. The number of hydrogen-bond donors (Lipinski definition) is 3. The third-order valence-electron chi connectivity index (χ3n) is 9.69. The standard InChI is InChI=1S/C36H37N11O4/c1-23-17-38-35(50)30-16-25-4-7-29(41-33(25)47(23)30)34(49)40-27-18-39-45(22-27)20-24-2-5-28(6-3-24)44-14-12-43(13-15-44)21-26-8-10-37-19-31(26)46-11-9-32(48)42-36(46)51/h2-8,10,16,18-19,22-23H,9,11-15,17,20-21H2,1H3,(H,38,50)(H,40,49)(H,42,48,51)/t23-/m1/s1. The highest BCUT2D eigenvalue weighted by Crippen LogP contribution is 2.27. The minimum absolute atomic E-state index is 0.0315. The average molecular weight is 688 g/mol. The zero-order valence-electron chi connectivity index (χ0n) is 28.1. The maximum absolute atomic E-state index is 13.1. The van der Waals surface area contributed by atoms with E-state index in [1.807, 2.05) is 23.6 Å². The molecule has 7 heterocycles. The van der Waals surface area contributed by atoms with Gasteiger partial charge in [-0.05, 0) is 54.4 Å². The number of hydrogen-bond acceptors (Lipinski definition) is 9. The number of carbonyl (C=O) groups is 4. The number of carbonyl (C=O) groups excluding carboxylic acids is 4. The van der Waals surface area contributed by atoms with Gasteiger partial charge >= 0.3 is 6.03 Å². The van der Waals surface area contributed by atoms with Crippen LogP contribution in [0, 0.1) is 0 Å². The van der Waals surface area contributed by atoms with E-state index in [0.29, 0.717) is 43.2 Å². The molecule has 0 unspecified atom stereocenters. The largest absolute Gasteiger partial charge is 0.369 e. The molecule has 5 aromatic rings. The molecule has 3 N–H and O–H groups in total. The van der Waals surface area contributed by atoms with E-state index in [1.54, 1.807) is 46.5 Å². The predicted octanol–water partition coefficient (Wildman–Crippen LogP) is 3.00. The third kappa shape index (κ3) is 6.50. The molecule has 1 atom stereocenters. The van der Waals surface area contributed by atoms with Gasteiger partial charge < -0.3 is 20.1 Å². The molecular formula is C36H37N11O4. The van der Waals surface area contributed by atoms with Gasteiger partial charge in [0.1, 0.15) is 17.0 Å². The molecule has 3 aliphatic rings. The summed E-state index contributed by atoms with van der Waals surface area (Å²) in [5, 5.41) is 13.4. The van der Waals surface area contributed by atoms with Gasteiger partial charge in [-0.2, -0.15) is 5.10 Å². The number of aromatic nitrogens is 5. The maximum atomic E-state index is 13.1. The highest BCUT2D eigenvalue weighted by Gasteiger charge is 2.28. The molecule has 5 amide bonds. The van der Waals surface area contributed by atoms with Crippen LogP contribution in [-0.2, 0) is 17.9 Å². The Balaban J connectivity index is 0.850. The summed E-state index contributed by atoms with van der Waals surface area (Å²) in [6.07, 6.45) is 7.12. The number of imide groups is 1. The van der Waals surface area contributed by atoms with E-state index in [2.05, 4.69) is 65.1 Å². The van der Waals surface area contributed by atoms with Crippen molar-refractivity contribution in [1.29, 1.82) is 0 Å². The zero-order chi connectivity index (χ0) is 35.1. The molecule has 0 bridgehead atoms. The number of amides is 5. The second-order valence-electron chi connectivity index (χ2n) is 13.1. The molecule has 4 aromatic heterocycles. The lowest BCUT2D eigenvalue weighted by molar-refractivity contribution is -0.120. The third-order valence-corrected chi connectivity index (χ3v) is 9.69. The van der Waals surface area contributed by atoms with Crippen molar-refractivity contribution in [3.8, 4) is 0 Å². The Morgan fingerprint density at radius 1 is 0.961 bits per heavy atom. The lowest BCUT2D eigenvalue weighted by Crippen LogP contribution is -2.50. The van der Waals surface area contributed by atoms with E-state index in [0.717, 1.165) is 54.1 Å². The van der Waals surface area contributed by atoms with E-state index in [1.165, 1.54) is 0 Å². The fraction of sp³-hybridized carbons (Fsp3) is 0.306. The molecule has 0 radical (unpaired) electrons. The minimum Gasteiger partial charge on any atom is -0.369 e. The number of nitrogens with one attached hydrogen (secondary N) is 3. The van der Waals surface area contributed by atoms with Crippen LogP contribution >= 0.6 is 0 Å². The van der Waals surface area contributed by atoms with Crippen LogP contribution in [0.1, 0.15) is 51.5 Å². The summed E-state index contributed by atoms with van der Waals surface area (Å²) in [7, 11) is 0. The summed E-state index contributed by atoms with van der Waals surface area (Å²) < 4.78 is 3.67. The molecule has 0 saturated carbocycles. The highest BCUT2D eigenvalue weighted by atomic mass is 16.2. The topological polar surface area (TPSA) is 163 Å². The molecule has 15 heteroatoms. The van der Waals surface area contributed by atoms with Gasteiger partial charge in [-0.25, -0.2) is 9.78 Å². The smallest absolute Gasteiger partial charge is 0.328 e. The van der Waals surface area contributed by atoms with E-state index < -0.39 is 6.03 Å². The summed E-state index contributed by atoms with van der Waals surface area (Å²) in [5.74, 6) is -0.744. The second kappa shape index (κ2) is 13.3. The lowest BCUT2D eigenvalue weighted by atomic mass is 10.1. The fourth-order valence-electron chi connectivity index (χ4n) is 6.97. The summed E-state index contributed by atoms with van der Waals surface area (Å²) in [6, 6.07) is 15.3. The number of nitrogens with zero attached hydrogens (tertiary/aromatic N) is 8. The van der Waals surface area contributed by atoms with Gasteiger partial charge in [-0.15, -0.1) is 0 Å². The predicted molar refractivity (Wildman–Crippen MR) is 190 cm³/mol. The van der Waals surface area contributed by atoms with Gasteiger partial charge in [0, 0.05) is 75.7 Å². The molecule has 2 saturated heterocycles. The molecule has 51 heavy (non-hydrogen) atoms. The Hall–Kier alpha value is -6.09.